The molecule has 1 rings (SSSR count). The smallest absolute Gasteiger partial charge is 0.234 e. The first kappa shape index (κ1) is 11.5. The van der Waals surface area contributed by atoms with Gasteiger partial charge in [0.05, 0.1) is 6.54 Å². The van der Waals surface area contributed by atoms with Gasteiger partial charge in [0.15, 0.2) is 0 Å². The third-order valence-corrected chi connectivity index (χ3v) is 2.73. The normalized spacial score (nSPS) is 22.5. The molecular formula is C10H21N3O. The number of hydrogen-bond acceptors (Lipinski definition) is 3. The predicted octanol–water partition coefficient (Wildman–Crippen LogP) is -0.242. The number of nitrogens with zero attached hydrogens (tertiary/aromatic N) is 2. The van der Waals surface area contributed by atoms with Gasteiger partial charge in [-0.25, -0.2) is 0 Å². The number of carbonyl (C=O) groups is 1. The van der Waals surface area contributed by atoms with Crippen molar-refractivity contribution in [2.75, 3.05) is 40.3 Å². The SMILES string of the molecule is CN(C)CCN1CC(=O)NCC1(C)C. The molecule has 1 aliphatic rings. The highest BCUT2D eigenvalue weighted by atomic mass is 16.2. The second-order valence-electron chi connectivity index (χ2n) is 4.81. The molecule has 0 bridgehead atoms. The van der Waals surface area contributed by atoms with Crippen molar-refractivity contribution >= 4 is 5.91 Å². The van der Waals surface area contributed by atoms with E-state index in [0.29, 0.717) is 6.54 Å². The first-order valence-electron chi connectivity index (χ1n) is 5.08. The number of carbonyl (C=O) groups excluding carboxylic acids is 1. The lowest BCUT2D eigenvalue weighted by Gasteiger charge is -2.42. The van der Waals surface area contributed by atoms with E-state index in [4.69, 9.17) is 0 Å². The molecule has 0 aromatic rings. The van der Waals surface area contributed by atoms with E-state index in [0.717, 1.165) is 19.6 Å². The summed E-state index contributed by atoms with van der Waals surface area (Å²) in [6.45, 7) is 7.56. The molecule has 1 amide bonds. The highest BCUT2D eigenvalue weighted by molar-refractivity contribution is 5.79. The van der Waals surface area contributed by atoms with E-state index < -0.39 is 0 Å². The zero-order valence-electron chi connectivity index (χ0n) is 9.63. The lowest BCUT2D eigenvalue weighted by Crippen LogP contribution is -2.61. The Labute approximate surface area is 86.2 Å². The molecule has 1 heterocycles. The molecule has 0 aliphatic carbocycles. The van der Waals surface area contributed by atoms with Gasteiger partial charge in [-0.3, -0.25) is 9.69 Å². The van der Waals surface area contributed by atoms with E-state index in [1.165, 1.54) is 0 Å². The molecular weight excluding hydrogens is 178 g/mol. The molecule has 1 saturated heterocycles. The van der Waals surface area contributed by atoms with Crippen molar-refractivity contribution in [2.24, 2.45) is 0 Å². The van der Waals surface area contributed by atoms with E-state index in [-0.39, 0.29) is 11.4 Å². The third kappa shape index (κ3) is 2.96. The van der Waals surface area contributed by atoms with Crippen molar-refractivity contribution in [2.45, 2.75) is 19.4 Å². The number of rotatable bonds is 3. The van der Waals surface area contributed by atoms with Gasteiger partial charge in [0, 0.05) is 25.2 Å². The summed E-state index contributed by atoms with van der Waals surface area (Å²) in [5.74, 6) is 0.142. The fraction of sp³-hybridized carbons (Fsp3) is 0.900. The van der Waals surface area contributed by atoms with E-state index >= 15 is 0 Å². The number of piperazine rings is 1. The Morgan fingerprint density at radius 3 is 2.71 bits per heavy atom. The highest BCUT2D eigenvalue weighted by Gasteiger charge is 2.32. The van der Waals surface area contributed by atoms with Crippen molar-refractivity contribution in [3.63, 3.8) is 0 Å². The summed E-state index contributed by atoms with van der Waals surface area (Å²) in [6.07, 6.45) is 0. The van der Waals surface area contributed by atoms with Gasteiger partial charge in [-0.15, -0.1) is 0 Å². The fourth-order valence-corrected chi connectivity index (χ4v) is 1.57. The van der Waals surface area contributed by atoms with Gasteiger partial charge in [-0.1, -0.05) is 0 Å². The Hall–Kier alpha value is -0.610. The molecule has 4 heteroatoms. The molecule has 0 aromatic heterocycles. The minimum absolute atomic E-state index is 0.0872. The molecule has 0 saturated carbocycles. The lowest BCUT2D eigenvalue weighted by atomic mass is 10.00. The largest absolute Gasteiger partial charge is 0.353 e. The van der Waals surface area contributed by atoms with Crippen LogP contribution in [0, 0.1) is 0 Å². The van der Waals surface area contributed by atoms with Crippen LogP contribution >= 0.6 is 0 Å². The zero-order chi connectivity index (χ0) is 10.8. The minimum Gasteiger partial charge on any atom is -0.353 e. The Bertz CT molecular complexity index is 213. The summed E-state index contributed by atoms with van der Waals surface area (Å²) < 4.78 is 0. The quantitative estimate of drug-likeness (QED) is 0.681. The molecule has 4 nitrogen and oxygen atoms in total. The fourth-order valence-electron chi connectivity index (χ4n) is 1.57. The van der Waals surface area contributed by atoms with Crippen molar-refractivity contribution in [1.82, 2.24) is 15.1 Å². The molecule has 0 unspecified atom stereocenters. The summed E-state index contributed by atoms with van der Waals surface area (Å²) in [5.41, 5.74) is 0.0872. The summed E-state index contributed by atoms with van der Waals surface area (Å²) in [6, 6.07) is 0. The summed E-state index contributed by atoms with van der Waals surface area (Å²) in [7, 11) is 4.11. The van der Waals surface area contributed by atoms with Crippen molar-refractivity contribution < 1.29 is 4.79 Å². The van der Waals surface area contributed by atoms with Crippen LogP contribution in [0.3, 0.4) is 0 Å². The number of amides is 1. The van der Waals surface area contributed by atoms with Crippen LogP contribution in [-0.4, -0.2) is 61.5 Å². The summed E-state index contributed by atoms with van der Waals surface area (Å²) in [5, 5.41) is 2.90. The first-order chi connectivity index (χ1) is 6.42. The van der Waals surface area contributed by atoms with Gasteiger partial charge in [0.2, 0.25) is 5.91 Å². The maximum Gasteiger partial charge on any atom is 0.234 e. The van der Waals surface area contributed by atoms with Crippen molar-refractivity contribution in [3.8, 4) is 0 Å². The molecule has 1 fully saturated rings. The monoisotopic (exact) mass is 199 g/mol. The maximum atomic E-state index is 11.2. The van der Waals surface area contributed by atoms with Crippen LogP contribution in [0.5, 0.6) is 0 Å². The van der Waals surface area contributed by atoms with Crippen LogP contribution in [0.15, 0.2) is 0 Å². The van der Waals surface area contributed by atoms with E-state index in [1.807, 2.05) is 0 Å². The van der Waals surface area contributed by atoms with Crippen LogP contribution in [0.2, 0.25) is 0 Å². The van der Waals surface area contributed by atoms with Gasteiger partial charge < -0.3 is 10.2 Å². The second-order valence-corrected chi connectivity index (χ2v) is 4.81. The Morgan fingerprint density at radius 1 is 1.50 bits per heavy atom. The Balaban J connectivity index is 2.50. The van der Waals surface area contributed by atoms with Crippen LogP contribution in [-0.2, 0) is 4.79 Å². The van der Waals surface area contributed by atoms with Gasteiger partial charge in [0.25, 0.3) is 0 Å². The molecule has 0 atom stereocenters. The third-order valence-electron chi connectivity index (χ3n) is 2.73. The van der Waals surface area contributed by atoms with Gasteiger partial charge in [-0.2, -0.15) is 0 Å². The first-order valence-corrected chi connectivity index (χ1v) is 5.08. The van der Waals surface area contributed by atoms with Gasteiger partial charge in [0.1, 0.15) is 0 Å². The zero-order valence-corrected chi connectivity index (χ0v) is 9.63. The molecule has 0 radical (unpaired) electrons. The average Bonchev–Trinajstić information content (AvgIpc) is 2.07. The molecule has 1 aliphatic heterocycles. The molecule has 1 N–H and O–H groups in total. The van der Waals surface area contributed by atoms with Crippen molar-refractivity contribution in [3.05, 3.63) is 0 Å². The van der Waals surface area contributed by atoms with Crippen molar-refractivity contribution in [1.29, 1.82) is 0 Å². The average molecular weight is 199 g/mol. The standard InChI is InChI=1S/C10H21N3O/c1-10(2)8-11-9(14)7-13(10)6-5-12(3)4/h5-8H2,1-4H3,(H,11,14). The maximum absolute atomic E-state index is 11.2. The second kappa shape index (κ2) is 4.28. The molecule has 0 spiro atoms. The minimum atomic E-state index is 0.0872. The van der Waals surface area contributed by atoms with Crippen LogP contribution in [0.4, 0.5) is 0 Å². The molecule has 82 valence electrons. The number of likely N-dealkylation sites (N-methyl/N-ethyl adjacent to an activating group) is 1. The summed E-state index contributed by atoms with van der Waals surface area (Å²) in [4.78, 5) is 15.6. The van der Waals surface area contributed by atoms with Gasteiger partial charge >= 0.3 is 0 Å². The lowest BCUT2D eigenvalue weighted by molar-refractivity contribution is -0.127. The van der Waals surface area contributed by atoms with E-state index in [9.17, 15) is 4.79 Å². The number of nitrogens with one attached hydrogen (secondary N) is 1. The highest BCUT2D eigenvalue weighted by Crippen LogP contribution is 2.15. The topological polar surface area (TPSA) is 35.6 Å². The predicted molar refractivity (Wildman–Crippen MR) is 57.2 cm³/mol. The van der Waals surface area contributed by atoms with E-state index in [2.05, 4.69) is 43.1 Å². The summed E-state index contributed by atoms with van der Waals surface area (Å²) >= 11 is 0. The molecule has 0 aromatic carbocycles. The molecule has 14 heavy (non-hydrogen) atoms. The number of hydrogen-bond donors (Lipinski definition) is 1. The van der Waals surface area contributed by atoms with Crippen LogP contribution in [0.25, 0.3) is 0 Å². The van der Waals surface area contributed by atoms with Crippen LogP contribution in [0.1, 0.15) is 13.8 Å². The van der Waals surface area contributed by atoms with E-state index in [1.54, 1.807) is 0 Å². The van der Waals surface area contributed by atoms with Gasteiger partial charge in [-0.05, 0) is 27.9 Å². The van der Waals surface area contributed by atoms with Crippen LogP contribution < -0.4 is 5.32 Å². The Morgan fingerprint density at radius 2 is 2.14 bits per heavy atom. The Kier molecular flexibility index (Phi) is 3.50.